The zero-order chi connectivity index (χ0) is 26.1. The Labute approximate surface area is 239 Å². The summed E-state index contributed by atoms with van der Waals surface area (Å²) in [5.74, 6) is -2.51. The van der Waals surface area contributed by atoms with Gasteiger partial charge in [-0.15, -0.1) is 0 Å². The molecule has 0 unspecified atom stereocenters. The van der Waals surface area contributed by atoms with Gasteiger partial charge in [-0.2, -0.15) is 0 Å². The summed E-state index contributed by atoms with van der Waals surface area (Å²) in [5.41, 5.74) is 0.189. The topological polar surface area (TPSA) is 92.8 Å². The molecular weight excluding hydrogens is 707 g/mol. The van der Waals surface area contributed by atoms with Gasteiger partial charge in [0.25, 0.3) is 11.8 Å². The number of imide groups is 2. The zero-order valence-corrected chi connectivity index (χ0v) is 23.9. The van der Waals surface area contributed by atoms with Gasteiger partial charge < -0.3 is 4.74 Å². The SMILES string of the molecule is O=C1NC(=O)N(c2ccc(Br)cc2)C(=O)/C1=C\c1cc(Br)cc(Br)c1OC(=O)c1ccc(Cl)cc1Cl. The number of amides is 4. The van der Waals surface area contributed by atoms with Crippen molar-refractivity contribution in [3.05, 3.63) is 94.8 Å². The molecule has 1 aliphatic heterocycles. The number of carbonyl (C=O) groups is 4. The van der Waals surface area contributed by atoms with E-state index < -0.39 is 23.8 Å². The number of esters is 1. The molecule has 4 rings (SSSR count). The van der Waals surface area contributed by atoms with E-state index in [9.17, 15) is 19.2 Å². The monoisotopic (exact) mass is 714 g/mol. The third-order valence-electron chi connectivity index (χ3n) is 4.87. The van der Waals surface area contributed by atoms with Gasteiger partial charge in [-0.3, -0.25) is 14.9 Å². The van der Waals surface area contributed by atoms with Crippen LogP contribution in [0.5, 0.6) is 5.75 Å². The van der Waals surface area contributed by atoms with E-state index in [1.165, 1.54) is 24.3 Å². The summed E-state index contributed by atoms with van der Waals surface area (Å²) < 4.78 is 7.25. The number of halogens is 5. The van der Waals surface area contributed by atoms with E-state index >= 15 is 0 Å². The van der Waals surface area contributed by atoms with Crippen LogP contribution in [-0.2, 0) is 9.59 Å². The molecule has 36 heavy (non-hydrogen) atoms. The summed E-state index contributed by atoms with van der Waals surface area (Å²) in [6.45, 7) is 0. The minimum absolute atomic E-state index is 0.0226. The van der Waals surface area contributed by atoms with Gasteiger partial charge in [-0.25, -0.2) is 14.5 Å². The molecule has 1 fully saturated rings. The van der Waals surface area contributed by atoms with Crippen molar-refractivity contribution in [3.8, 4) is 5.75 Å². The first kappa shape index (κ1) is 26.6. The molecule has 0 saturated carbocycles. The predicted molar refractivity (Wildman–Crippen MR) is 146 cm³/mol. The number of ether oxygens (including phenoxy) is 1. The highest BCUT2D eigenvalue weighted by Gasteiger charge is 2.37. The second kappa shape index (κ2) is 10.9. The summed E-state index contributed by atoms with van der Waals surface area (Å²) in [4.78, 5) is 52.0. The standard InChI is InChI=1S/C24H11Br3Cl2N2O5/c25-12-1-4-15(5-2-12)31-22(33)17(21(32)30-24(31)35)8-11-7-13(26)9-18(27)20(11)36-23(34)16-6-3-14(28)10-19(16)29/h1-10H,(H,30,32,35)/b17-8-. The number of urea groups is 1. The lowest BCUT2D eigenvalue weighted by atomic mass is 10.1. The lowest BCUT2D eigenvalue weighted by Crippen LogP contribution is -2.54. The van der Waals surface area contributed by atoms with Gasteiger partial charge in [0.2, 0.25) is 0 Å². The van der Waals surface area contributed by atoms with Crippen LogP contribution in [0.3, 0.4) is 0 Å². The number of nitrogens with zero attached hydrogens (tertiary/aromatic N) is 1. The van der Waals surface area contributed by atoms with Crippen molar-refractivity contribution < 1.29 is 23.9 Å². The quantitative estimate of drug-likeness (QED) is 0.134. The van der Waals surface area contributed by atoms with E-state index in [1.807, 2.05) is 0 Å². The van der Waals surface area contributed by atoms with Crippen LogP contribution in [0, 0.1) is 0 Å². The Morgan fingerprint density at radius 2 is 1.61 bits per heavy atom. The van der Waals surface area contributed by atoms with Crippen LogP contribution in [0.2, 0.25) is 10.0 Å². The van der Waals surface area contributed by atoms with Crippen molar-refractivity contribution in [1.82, 2.24) is 5.32 Å². The maximum atomic E-state index is 13.2. The summed E-state index contributed by atoms with van der Waals surface area (Å²) in [6.07, 6.45) is 1.23. The normalized spacial score (nSPS) is 14.8. The number of hydrogen-bond acceptors (Lipinski definition) is 5. The van der Waals surface area contributed by atoms with Crippen LogP contribution in [0.15, 0.2) is 73.6 Å². The van der Waals surface area contributed by atoms with Gasteiger partial charge in [0, 0.05) is 19.5 Å². The Morgan fingerprint density at radius 3 is 2.28 bits per heavy atom. The molecule has 0 aromatic heterocycles. The molecule has 3 aromatic rings. The summed E-state index contributed by atoms with van der Waals surface area (Å²) >= 11 is 22.0. The van der Waals surface area contributed by atoms with Gasteiger partial charge >= 0.3 is 12.0 Å². The molecular formula is C24H11Br3Cl2N2O5. The second-order valence-electron chi connectivity index (χ2n) is 7.25. The van der Waals surface area contributed by atoms with Crippen LogP contribution in [0.4, 0.5) is 10.5 Å². The van der Waals surface area contributed by atoms with Gasteiger partial charge in [0.05, 0.1) is 20.7 Å². The Hall–Kier alpha value is -2.50. The van der Waals surface area contributed by atoms with E-state index in [4.69, 9.17) is 27.9 Å². The van der Waals surface area contributed by atoms with E-state index in [2.05, 4.69) is 53.1 Å². The van der Waals surface area contributed by atoms with Gasteiger partial charge in [0.15, 0.2) is 5.75 Å². The number of benzene rings is 3. The van der Waals surface area contributed by atoms with Crippen molar-refractivity contribution in [3.63, 3.8) is 0 Å². The first-order valence-electron chi connectivity index (χ1n) is 9.88. The number of hydrogen-bond donors (Lipinski definition) is 1. The van der Waals surface area contributed by atoms with E-state index in [1.54, 1.807) is 36.4 Å². The highest BCUT2D eigenvalue weighted by atomic mass is 79.9. The van der Waals surface area contributed by atoms with E-state index in [0.717, 1.165) is 9.37 Å². The molecule has 3 aromatic carbocycles. The molecule has 12 heteroatoms. The Balaban J connectivity index is 1.75. The summed E-state index contributed by atoms with van der Waals surface area (Å²) in [6, 6.07) is 13.0. The van der Waals surface area contributed by atoms with Crippen molar-refractivity contribution in [2.24, 2.45) is 0 Å². The average Bonchev–Trinajstić information content (AvgIpc) is 2.79. The van der Waals surface area contributed by atoms with Crippen molar-refractivity contribution in [1.29, 1.82) is 0 Å². The number of anilines is 1. The molecule has 0 radical (unpaired) electrons. The van der Waals surface area contributed by atoms with E-state index in [-0.39, 0.29) is 33.2 Å². The maximum Gasteiger partial charge on any atom is 0.345 e. The third-order valence-corrected chi connectivity index (χ3v) is 6.99. The van der Waals surface area contributed by atoms with Crippen molar-refractivity contribution >= 4 is 107 Å². The molecule has 1 N–H and O–H groups in total. The largest absolute Gasteiger partial charge is 0.421 e. The van der Waals surface area contributed by atoms with Crippen LogP contribution in [0.25, 0.3) is 6.08 Å². The van der Waals surface area contributed by atoms with Crippen LogP contribution >= 0.6 is 71.0 Å². The molecule has 0 spiro atoms. The fourth-order valence-electron chi connectivity index (χ4n) is 3.24. The molecule has 0 bridgehead atoms. The highest BCUT2D eigenvalue weighted by molar-refractivity contribution is 9.11. The van der Waals surface area contributed by atoms with Crippen molar-refractivity contribution in [2.45, 2.75) is 0 Å². The minimum Gasteiger partial charge on any atom is -0.421 e. The van der Waals surface area contributed by atoms with Crippen molar-refractivity contribution in [2.75, 3.05) is 4.90 Å². The lowest BCUT2D eigenvalue weighted by Gasteiger charge is -2.26. The number of carbonyl (C=O) groups excluding carboxylic acids is 4. The molecule has 4 amide bonds. The molecule has 1 aliphatic rings. The van der Waals surface area contributed by atoms with Crippen LogP contribution in [0.1, 0.15) is 15.9 Å². The van der Waals surface area contributed by atoms with Gasteiger partial charge in [0.1, 0.15) is 5.57 Å². The smallest absolute Gasteiger partial charge is 0.345 e. The predicted octanol–water partition coefficient (Wildman–Crippen LogP) is 7.17. The zero-order valence-electron chi connectivity index (χ0n) is 17.7. The Morgan fingerprint density at radius 1 is 0.917 bits per heavy atom. The fraction of sp³-hybridized carbons (Fsp3) is 0. The number of nitrogens with one attached hydrogen (secondary N) is 1. The maximum absolute atomic E-state index is 13.2. The summed E-state index contributed by atoms with van der Waals surface area (Å²) in [7, 11) is 0. The molecule has 0 aliphatic carbocycles. The van der Waals surface area contributed by atoms with Crippen LogP contribution < -0.4 is 15.0 Å². The molecule has 182 valence electrons. The Bertz CT molecular complexity index is 1480. The summed E-state index contributed by atoms with van der Waals surface area (Å²) in [5, 5.41) is 2.59. The highest BCUT2D eigenvalue weighted by Crippen LogP contribution is 2.36. The third kappa shape index (κ3) is 5.57. The fourth-order valence-corrected chi connectivity index (χ4v) is 5.32. The minimum atomic E-state index is -0.896. The number of barbiturate groups is 1. The van der Waals surface area contributed by atoms with Gasteiger partial charge in [-0.05, 0) is 76.6 Å². The molecule has 1 heterocycles. The first-order chi connectivity index (χ1) is 17.0. The lowest BCUT2D eigenvalue weighted by molar-refractivity contribution is -0.122. The second-order valence-corrected chi connectivity index (χ2v) is 10.8. The van der Waals surface area contributed by atoms with Gasteiger partial charge in [-0.1, -0.05) is 55.1 Å². The molecule has 7 nitrogen and oxygen atoms in total. The van der Waals surface area contributed by atoms with E-state index in [0.29, 0.717) is 14.0 Å². The molecule has 0 atom stereocenters. The molecule has 1 saturated heterocycles. The number of rotatable bonds is 4. The first-order valence-corrected chi connectivity index (χ1v) is 13.0. The Kier molecular flexibility index (Phi) is 8.01. The average molecular weight is 718 g/mol. The van der Waals surface area contributed by atoms with Crippen LogP contribution in [-0.4, -0.2) is 23.8 Å².